The van der Waals surface area contributed by atoms with Gasteiger partial charge in [0.1, 0.15) is 23.5 Å². The van der Waals surface area contributed by atoms with E-state index in [0.717, 1.165) is 29.8 Å². The number of nitrogens with zero attached hydrogens (tertiary/aromatic N) is 5. The zero-order chi connectivity index (χ0) is 20.9. The van der Waals surface area contributed by atoms with Crippen molar-refractivity contribution in [2.45, 2.75) is 43.8 Å². The van der Waals surface area contributed by atoms with Crippen LogP contribution in [0.25, 0.3) is 28.5 Å². The Labute approximate surface area is 179 Å². The molecule has 0 radical (unpaired) electrons. The third kappa shape index (κ3) is 3.18. The predicted molar refractivity (Wildman–Crippen MR) is 115 cm³/mol. The summed E-state index contributed by atoms with van der Waals surface area (Å²) >= 11 is 0. The first kappa shape index (κ1) is 18.5. The van der Waals surface area contributed by atoms with Crippen molar-refractivity contribution in [3.8, 4) is 22.6 Å². The van der Waals surface area contributed by atoms with Crippen LogP contribution in [0.5, 0.6) is 0 Å². The second kappa shape index (κ2) is 7.16. The van der Waals surface area contributed by atoms with Crippen molar-refractivity contribution in [2.24, 2.45) is 0 Å². The fraction of sp³-hybridized carbons (Fsp3) is 0.348. The number of imidazole rings is 1. The van der Waals surface area contributed by atoms with Gasteiger partial charge in [-0.25, -0.2) is 14.4 Å². The summed E-state index contributed by atoms with van der Waals surface area (Å²) in [6, 6.07) is 9.83. The molecule has 0 saturated carbocycles. The predicted octanol–water partition coefficient (Wildman–Crippen LogP) is 4.23. The molecule has 0 spiro atoms. The van der Waals surface area contributed by atoms with Crippen LogP contribution in [0.1, 0.15) is 25.7 Å². The summed E-state index contributed by atoms with van der Waals surface area (Å²) in [5.41, 5.74) is 3.03. The van der Waals surface area contributed by atoms with Crippen molar-refractivity contribution >= 4 is 11.8 Å². The number of halogens is 1. The van der Waals surface area contributed by atoms with Crippen molar-refractivity contribution in [2.75, 3.05) is 12.4 Å². The Hall–Kier alpha value is -3.26. The Morgan fingerprint density at radius 3 is 2.61 bits per heavy atom. The smallest absolute Gasteiger partial charge is 0.306 e. The molecule has 7 nitrogen and oxygen atoms in total. The number of piperidine rings is 1. The van der Waals surface area contributed by atoms with Crippen LogP contribution >= 0.6 is 0 Å². The van der Waals surface area contributed by atoms with Gasteiger partial charge in [-0.2, -0.15) is 4.98 Å². The largest absolute Gasteiger partial charge is 0.432 e. The van der Waals surface area contributed by atoms with Crippen molar-refractivity contribution in [1.82, 2.24) is 24.3 Å². The van der Waals surface area contributed by atoms with Crippen LogP contribution in [0.4, 0.5) is 10.3 Å². The molecule has 1 aromatic carbocycles. The van der Waals surface area contributed by atoms with Gasteiger partial charge in [0.15, 0.2) is 0 Å². The van der Waals surface area contributed by atoms with Gasteiger partial charge in [0.25, 0.3) is 0 Å². The number of aromatic nitrogens is 4. The normalized spacial score (nSPS) is 23.5. The van der Waals surface area contributed by atoms with E-state index in [9.17, 15) is 4.39 Å². The van der Waals surface area contributed by atoms with Gasteiger partial charge in [-0.3, -0.25) is 4.40 Å². The monoisotopic (exact) mass is 418 g/mol. The third-order valence-corrected chi connectivity index (χ3v) is 6.71. The molecule has 31 heavy (non-hydrogen) atoms. The summed E-state index contributed by atoms with van der Waals surface area (Å²) < 4.78 is 20.8. The number of fused-ring (bicyclic) bond motifs is 3. The van der Waals surface area contributed by atoms with Gasteiger partial charge >= 0.3 is 5.84 Å². The minimum absolute atomic E-state index is 0.284. The average Bonchev–Trinajstić information content (AvgIpc) is 3.40. The molecule has 3 atom stereocenters. The topological polar surface area (TPSA) is 71.5 Å². The maximum absolute atomic E-state index is 13.5. The zero-order valence-electron chi connectivity index (χ0n) is 17.2. The molecule has 2 aliphatic heterocycles. The van der Waals surface area contributed by atoms with Crippen molar-refractivity contribution in [3.63, 3.8) is 0 Å². The highest BCUT2D eigenvalue weighted by atomic mass is 19.1. The molecule has 2 saturated heterocycles. The van der Waals surface area contributed by atoms with Crippen LogP contribution in [0, 0.1) is 5.82 Å². The summed E-state index contributed by atoms with van der Waals surface area (Å²) in [5, 5.41) is 3.56. The first-order chi connectivity index (χ1) is 15.2. The van der Waals surface area contributed by atoms with Gasteiger partial charge in [-0.15, -0.1) is 0 Å². The van der Waals surface area contributed by atoms with Gasteiger partial charge in [-0.05, 0) is 63.1 Å². The summed E-state index contributed by atoms with van der Waals surface area (Å²) in [5.74, 6) is 0.804. The van der Waals surface area contributed by atoms with Gasteiger partial charge < -0.3 is 14.6 Å². The fourth-order valence-corrected chi connectivity index (χ4v) is 5.11. The van der Waals surface area contributed by atoms with Crippen LogP contribution in [-0.4, -0.2) is 49.4 Å². The number of oxazole rings is 1. The van der Waals surface area contributed by atoms with Crippen LogP contribution in [-0.2, 0) is 0 Å². The highest BCUT2D eigenvalue weighted by Crippen LogP contribution is 2.36. The summed E-state index contributed by atoms with van der Waals surface area (Å²) in [4.78, 5) is 16.4. The SMILES string of the molecule is CN1[C@@H]2CC[C@H]1CC(Nc1nccc(-c3c(-c4ccc(F)cc4)nc4occn34)n1)C2. The molecule has 2 bridgehead atoms. The lowest BCUT2D eigenvalue weighted by molar-refractivity contribution is 0.168. The Morgan fingerprint density at radius 2 is 1.84 bits per heavy atom. The highest BCUT2D eigenvalue weighted by Gasteiger charge is 2.38. The molecule has 1 N–H and O–H groups in total. The van der Waals surface area contributed by atoms with E-state index in [1.807, 2.05) is 16.7 Å². The van der Waals surface area contributed by atoms with Crippen LogP contribution in [0.15, 0.2) is 53.4 Å². The first-order valence-corrected chi connectivity index (χ1v) is 10.7. The van der Waals surface area contributed by atoms with Gasteiger partial charge in [0.05, 0.1) is 5.69 Å². The molecule has 5 heterocycles. The standard InChI is InChI=1S/C23H23FN6O/c1-29-17-6-7-18(29)13-16(12-17)26-22-25-9-8-19(27-22)21-20(14-2-4-15(24)5-3-14)28-23-30(21)10-11-31-23/h2-5,8-11,16-18H,6-7,12-13H2,1H3,(H,25,26,27)/t16?,17-,18+. The van der Waals surface area contributed by atoms with Crippen LogP contribution < -0.4 is 5.32 Å². The third-order valence-electron chi connectivity index (χ3n) is 6.71. The Kier molecular flexibility index (Phi) is 4.27. The van der Waals surface area contributed by atoms with E-state index in [1.165, 1.54) is 25.0 Å². The van der Waals surface area contributed by atoms with Crippen molar-refractivity contribution in [1.29, 1.82) is 0 Å². The average molecular weight is 418 g/mol. The maximum Gasteiger partial charge on any atom is 0.306 e. The Morgan fingerprint density at radius 1 is 1.06 bits per heavy atom. The fourth-order valence-electron chi connectivity index (χ4n) is 5.11. The number of rotatable bonds is 4. The quantitative estimate of drug-likeness (QED) is 0.535. The molecule has 6 rings (SSSR count). The highest BCUT2D eigenvalue weighted by molar-refractivity contribution is 5.79. The Bertz CT molecular complexity index is 1220. The van der Waals surface area contributed by atoms with E-state index in [1.54, 1.807) is 24.6 Å². The second-order valence-electron chi connectivity index (χ2n) is 8.50. The molecule has 158 valence electrons. The minimum Gasteiger partial charge on any atom is -0.432 e. The molecular formula is C23H23FN6O. The summed E-state index contributed by atoms with van der Waals surface area (Å²) in [6.45, 7) is 0. The molecule has 1 unspecified atom stereocenters. The molecule has 2 aliphatic rings. The minimum atomic E-state index is -0.284. The molecule has 4 aromatic rings. The van der Waals surface area contributed by atoms with E-state index in [4.69, 9.17) is 9.40 Å². The molecule has 2 fully saturated rings. The van der Waals surface area contributed by atoms with Gasteiger partial charge in [0, 0.05) is 36.1 Å². The number of benzene rings is 1. The van der Waals surface area contributed by atoms with Crippen molar-refractivity contribution < 1.29 is 8.81 Å². The van der Waals surface area contributed by atoms with E-state index in [0.29, 0.717) is 35.6 Å². The lowest BCUT2D eigenvalue weighted by Crippen LogP contribution is -2.44. The zero-order valence-corrected chi connectivity index (χ0v) is 17.2. The molecular weight excluding hydrogens is 395 g/mol. The van der Waals surface area contributed by atoms with Crippen molar-refractivity contribution in [3.05, 3.63) is 54.8 Å². The van der Waals surface area contributed by atoms with E-state index in [2.05, 4.69) is 27.2 Å². The van der Waals surface area contributed by atoms with Crippen LogP contribution in [0.3, 0.4) is 0 Å². The van der Waals surface area contributed by atoms with Crippen LogP contribution in [0.2, 0.25) is 0 Å². The molecule has 0 amide bonds. The number of nitrogens with one attached hydrogen (secondary N) is 1. The van der Waals surface area contributed by atoms with Gasteiger partial charge in [-0.1, -0.05) is 0 Å². The summed E-state index contributed by atoms with van der Waals surface area (Å²) in [6.07, 6.45) is 9.94. The summed E-state index contributed by atoms with van der Waals surface area (Å²) in [7, 11) is 2.24. The first-order valence-electron chi connectivity index (χ1n) is 10.7. The lowest BCUT2D eigenvalue weighted by atomic mass is 9.98. The molecule has 0 aliphatic carbocycles. The number of hydrogen-bond donors (Lipinski definition) is 1. The van der Waals surface area contributed by atoms with E-state index >= 15 is 0 Å². The maximum atomic E-state index is 13.5. The Balaban J connectivity index is 1.36. The van der Waals surface area contributed by atoms with Gasteiger partial charge in [0.2, 0.25) is 5.95 Å². The molecule has 3 aromatic heterocycles. The lowest BCUT2D eigenvalue weighted by Gasteiger charge is -2.36. The van der Waals surface area contributed by atoms with E-state index < -0.39 is 0 Å². The number of hydrogen-bond acceptors (Lipinski definition) is 6. The molecule has 8 heteroatoms. The van der Waals surface area contributed by atoms with E-state index in [-0.39, 0.29) is 5.82 Å². The number of anilines is 1. The second-order valence-corrected chi connectivity index (χ2v) is 8.50.